The van der Waals surface area contributed by atoms with Gasteiger partial charge in [-0.05, 0) is 48.9 Å². The zero-order valence-corrected chi connectivity index (χ0v) is 19.1. The number of thiophene rings is 1. The van der Waals surface area contributed by atoms with Crippen LogP contribution in [0.2, 0.25) is 0 Å². The summed E-state index contributed by atoms with van der Waals surface area (Å²) in [5, 5.41) is 8.29. The molecule has 0 spiro atoms. The van der Waals surface area contributed by atoms with Crippen molar-refractivity contribution in [3.8, 4) is 0 Å². The lowest BCUT2D eigenvalue weighted by Crippen LogP contribution is -2.45. The lowest BCUT2D eigenvalue weighted by atomic mass is 10.0. The maximum absolute atomic E-state index is 13.1. The van der Waals surface area contributed by atoms with Gasteiger partial charge in [0.2, 0.25) is 5.91 Å². The first kappa shape index (κ1) is 22.1. The molecule has 5 nitrogen and oxygen atoms in total. The van der Waals surface area contributed by atoms with E-state index in [9.17, 15) is 9.59 Å². The van der Waals surface area contributed by atoms with E-state index < -0.39 is 0 Å². The molecule has 1 fully saturated rings. The van der Waals surface area contributed by atoms with Gasteiger partial charge in [-0.25, -0.2) is 0 Å². The number of amides is 2. The molecule has 4 rings (SSSR count). The number of para-hydroxylation sites is 1. The maximum atomic E-state index is 13.1. The van der Waals surface area contributed by atoms with E-state index in [0.717, 1.165) is 42.1 Å². The van der Waals surface area contributed by atoms with Gasteiger partial charge in [-0.2, -0.15) is 0 Å². The van der Waals surface area contributed by atoms with Gasteiger partial charge in [0.25, 0.3) is 5.91 Å². The fraction of sp³-hybridized carbons (Fsp3) is 0.308. The Morgan fingerprint density at radius 3 is 2.44 bits per heavy atom. The zero-order chi connectivity index (χ0) is 22.3. The van der Waals surface area contributed by atoms with Crippen molar-refractivity contribution in [2.45, 2.75) is 38.3 Å². The Hall–Kier alpha value is -3.12. The second-order valence-corrected chi connectivity index (χ2v) is 9.24. The first-order valence-electron chi connectivity index (χ1n) is 11.1. The highest BCUT2D eigenvalue weighted by molar-refractivity contribution is 7.10. The second kappa shape index (κ2) is 10.5. The van der Waals surface area contributed by atoms with Gasteiger partial charge in [0, 0.05) is 29.7 Å². The van der Waals surface area contributed by atoms with E-state index in [1.54, 1.807) is 11.3 Å². The number of hydrogen-bond acceptors (Lipinski definition) is 4. The highest BCUT2D eigenvalue weighted by Crippen LogP contribution is 2.25. The van der Waals surface area contributed by atoms with Gasteiger partial charge in [-0.1, -0.05) is 48.5 Å². The van der Waals surface area contributed by atoms with Gasteiger partial charge in [0.05, 0.1) is 18.0 Å². The summed E-state index contributed by atoms with van der Waals surface area (Å²) < 4.78 is 0. The predicted octanol–water partition coefficient (Wildman–Crippen LogP) is 4.57. The average Bonchev–Trinajstić information content (AvgIpc) is 3.33. The van der Waals surface area contributed by atoms with Crippen molar-refractivity contribution in [3.05, 3.63) is 88.1 Å². The van der Waals surface area contributed by atoms with Gasteiger partial charge in [-0.15, -0.1) is 11.3 Å². The van der Waals surface area contributed by atoms with Gasteiger partial charge in [0.1, 0.15) is 0 Å². The Balaban J connectivity index is 1.35. The molecule has 3 aromatic rings. The van der Waals surface area contributed by atoms with E-state index in [0.29, 0.717) is 12.0 Å². The first-order chi connectivity index (χ1) is 15.6. The molecule has 0 radical (unpaired) electrons. The summed E-state index contributed by atoms with van der Waals surface area (Å²) in [6, 6.07) is 21.8. The number of hydrogen-bond donors (Lipinski definition) is 2. The monoisotopic (exact) mass is 447 g/mol. The molecular formula is C26H29N3O2S. The summed E-state index contributed by atoms with van der Waals surface area (Å²) in [5.74, 6) is 0.0175. The van der Waals surface area contributed by atoms with Crippen molar-refractivity contribution in [2.75, 3.05) is 18.0 Å². The van der Waals surface area contributed by atoms with Crippen LogP contribution in [0.3, 0.4) is 0 Å². The fourth-order valence-electron chi connectivity index (χ4n) is 4.16. The minimum absolute atomic E-state index is 0.0664. The number of anilines is 1. The van der Waals surface area contributed by atoms with Crippen LogP contribution in [0.15, 0.2) is 72.1 Å². The highest BCUT2D eigenvalue weighted by Gasteiger charge is 2.24. The standard InChI is InChI=1S/C26H29N3O2S/c1-19(20-8-3-2-4-9-20)27-26(31)23-11-5-6-12-24(23)29-15-13-21(14-16-29)28-25(30)18-22-10-7-17-32-22/h2-12,17,19,21H,13-16,18H2,1H3,(H,27,31)(H,28,30)/t19-/m1/s1. The summed E-state index contributed by atoms with van der Waals surface area (Å²) in [5.41, 5.74) is 2.72. The number of carbonyl (C=O) groups is 2. The van der Waals surface area contributed by atoms with Crippen molar-refractivity contribution in [2.24, 2.45) is 0 Å². The third-order valence-electron chi connectivity index (χ3n) is 5.91. The summed E-state index contributed by atoms with van der Waals surface area (Å²) in [7, 11) is 0. The number of benzene rings is 2. The lowest BCUT2D eigenvalue weighted by Gasteiger charge is -2.35. The Morgan fingerprint density at radius 1 is 1.00 bits per heavy atom. The third kappa shape index (κ3) is 5.56. The van der Waals surface area contributed by atoms with Crippen LogP contribution in [0.5, 0.6) is 0 Å². The molecule has 2 heterocycles. The quantitative estimate of drug-likeness (QED) is 0.558. The number of nitrogens with one attached hydrogen (secondary N) is 2. The largest absolute Gasteiger partial charge is 0.371 e. The molecule has 2 aromatic carbocycles. The first-order valence-corrected chi connectivity index (χ1v) is 12.0. The number of rotatable bonds is 7. The molecule has 6 heteroatoms. The summed E-state index contributed by atoms with van der Waals surface area (Å²) >= 11 is 1.61. The second-order valence-electron chi connectivity index (χ2n) is 8.21. The molecule has 1 aromatic heterocycles. The Labute approximate surface area is 193 Å². The average molecular weight is 448 g/mol. The van der Waals surface area contributed by atoms with Crippen molar-refractivity contribution in [1.29, 1.82) is 0 Å². The number of nitrogens with zero attached hydrogens (tertiary/aromatic N) is 1. The van der Waals surface area contributed by atoms with Crippen molar-refractivity contribution < 1.29 is 9.59 Å². The van der Waals surface area contributed by atoms with Crippen molar-refractivity contribution >= 4 is 28.8 Å². The molecule has 0 bridgehead atoms. The van der Waals surface area contributed by atoms with Gasteiger partial charge < -0.3 is 15.5 Å². The van der Waals surface area contributed by atoms with Crippen LogP contribution in [-0.2, 0) is 11.2 Å². The van der Waals surface area contributed by atoms with E-state index in [1.807, 2.05) is 79.0 Å². The molecule has 0 saturated carbocycles. The smallest absolute Gasteiger partial charge is 0.253 e. The van der Waals surface area contributed by atoms with E-state index in [4.69, 9.17) is 0 Å². The van der Waals surface area contributed by atoms with E-state index in [-0.39, 0.29) is 23.9 Å². The zero-order valence-electron chi connectivity index (χ0n) is 18.3. The molecule has 1 aliphatic rings. The summed E-state index contributed by atoms with van der Waals surface area (Å²) in [4.78, 5) is 28.7. The molecule has 0 aliphatic carbocycles. The van der Waals surface area contributed by atoms with Crippen LogP contribution in [0.4, 0.5) is 5.69 Å². The Kier molecular flexibility index (Phi) is 7.22. The summed E-state index contributed by atoms with van der Waals surface area (Å²) in [6.45, 7) is 3.62. The van der Waals surface area contributed by atoms with Crippen LogP contribution < -0.4 is 15.5 Å². The van der Waals surface area contributed by atoms with Gasteiger partial charge in [-0.3, -0.25) is 9.59 Å². The van der Waals surface area contributed by atoms with E-state index in [1.165, 1.54) is 0 Å². The Bertz CT molecular complexity index is 1030. The lowest BCUT2D eigenvalue weighted by molar-refractivity contribution is -0.121. The molecule has 1 saturated heterocycles. The van der Waals surface area contributed by atoms with Gasteiger partial charge in [0.15, 0.2) is 0 Å². The maximum Gasteiger partial charge on any atom is 0.253 e. The van der Waals surface area contributed by atoms with Crippen LogP contribution >= 0.6 is 11.3 Å². The fourth-order valence-corrected chi connectivity index (χ4v) is 4.86. The SMILES string of the molecule is C[C@@H](NC(=O)c1ccccc1N1CCC(NC(=O)Cc2cccs2)CC1)c1ccccc1. The molecule has 2 amide bonds. The molecule has 1 aliphatic heterocycles. The highest BCUT2D eigenvalue weighted by atomic mass is 32.1. The van der Waals surface area contributed by atoms with Crippen molar-refractivity contribution in [1.82, 2.24) is 10.6 Å². The van der Waals surface area contributed by atoms with Crippen LogP contribution in [0.25, 0.3) is 0 Å². The normalized spacial score (nSPS) is 15.2. The minimum atomic E-state index is -0.0685. The van der Waals surface area contributed by atoms with Crippen molar-refractivity contribution in [3.63, 3.8) is 0 Å². The molecule has 2 N–H and O–H groups in total. The predicted molar refractivity (Wildman–Crippen MR) is 130 cm³/mol. The van der Waals surface area contributed by atoms with E-state index >= 15 is 0 Å². The number of piperidine rings is 1. The minimum Gasteiger partial charge on any atom is -0.371 e. The van der Waals surface area contributed by atoms with Gasteiger partial charge >= 0.3 is 0 Å². The van der Waals surface area contributed by atoms with E-state index in [2.05, 4.69) is 15.5 Å². The van der Waals surface area contributed by atoms with Crippen LogP contribution in [-0.4, -0.2) is 30.9 Å². The summed E-state index contributed by atoms with van der Waals surface area (Å²) in [6.07, 6.45) is 2.18. The van der Waals surface area contributed by atoms with Crippen LogP contribution in [0, 0.1) is 0 Å². The van der Waals surface area contributed by atoms with Crippen LogP contribution in [0.1, 0.15) is 46.6 Å². The molecule has 166 valence electrons. The molecule has 0 unspecified atom stereocenters. The molecule has 32 heavy (non-hydrogen) atoms. The third-order valence-corrected chi connectivity index (χ3v) is 6.79. The molecular weight excluding hydrogens is 418 g/mol. The molecule has 1 atom stereocenters. The Morgan fingerprint density at radius 2 is 1.72 bits per heavy atom. The number of carbonyl (C=O) groups excluding carboxylic acids is 2. The topological polar surface area (TPSA) is 61.4 Å².